The standard InChI is InChI=1S/C14H18N2O4.C13H16N2O5/c1-5-14(7-17)10(4)9(3)12(20-14)16-6-8(2)11(18)15-13(16)19;1-4-13(6-16)9(17)8(3)11(20-13)15-5-7(2)10(18)14-12(15)19/h1,6,9-10,12,17H,7H2,2-4H3,(H,15,18,19);1,5,8-9,11,16-17H,6H2,2-3H3,(H,14,18,19). The molecule has 5 N–H and O–H groups in total. The molecule has 0 saturated carbocycles. The van der Waals surface area contributed by atoms with Crippen LogP contribution in [0.25, 0.3) is 0 Å². The molecule has 2 aromatic rings. The lowest BCUT2D eigenvalue weighted by molar-refractivity contribution is -0.0919. The molecular formula is C27H34N4O9. The molecule has 2 aromatic heterocycles. The number of terminal acetylenes is 2. The van der Waals surface area contributed by atoms with Crippen molar-refractivity contribution in [3.8, 4) is 24.7 Å². The van der Waals surface area contributed by atoms with Gasteiger partial charge in [0.05, 0.1) is 13.2 Å². The Labute approximate surface area is 229 Å². The van der Waals surface area contributed by atoms with Crippen molar-refractivity contribution >= 4 is 0 Å². The van der Waals surface area contributed by atoms with E-state index in [1.54, 1.807) is 20.8 Å². The smallest absolute Gasteiger partial charge is 0.330 e. The van der Waals surface area contributed by atoms with Crippen molar-refractivity contribution < 1.29 is 24.8 Å². The number of ether oxygens (including phenoxy) is 2. The van der Waals surface area contributed by atoms with Crippen molar-refractivity contribution in [2.24, 2.45) is 17.8 Å². The number of hydrogen-bond donors (Lipinski definition) is 5. The van der Waals surface area contributed by atoms with Gasteiger partial charge >= 0.3 is 11.4 Å². The molecular weight excluding hydrogens is 524 g/mol. The van der Waals surface area contributed by atoms with Gasteiger partial charge < -0.3 is 24.8 Å². The summed E-state index contributed by atoms with van der Waals surface area (Å²) in [4.78, 5) is 51.0. The van der Waals surface area contributed by atoms with Crippen LogP contribution in [0.2, 0.25) is 0 Å². The molecule has 13 nitrogen and oxygen atoms in total. The van der Waals surface area contributed by atoms with Gasteiger partial charge in [-0.05, 0) is 13.8 Å². The molecule has 4 heterocycles. The maximum Gasteiger partial charge on any atom is 0.330 e. The van der Waals surface area contributed by atoms with Crippen molar-refractivity contribution in [3.63, 3.8) is 0 Å². The largest absolute Gasteiger partial charge is 0.392 e. The summed E-state index contributed by atoms with van der Waals surface area (Å²) in [5.74, 6) is 4.00. The van der Waals surface area contributed by atoms with E-state index in [2.05, 4.69) is 21.8 Å². The number of H-pyrrole nitrogens is 2. The van der Waals surface area contributed by atoms with E-state index in [0.29, 0.717) is 11.1 Å². The fourth-order valence-corrected chi connectivity index (χ4v) is 4.93. The summed E-state index contributed by atoms with van der Waals surface area (Å²) in [6.07, 6.45) is 11.0. The molecule has 0 spiro atoms. The molecule has 0 radical (unpaired) electrons. The summed E-state index contributed by atoms with van der Waals surface area (Å²) in [5.41, 5.74) is -4.02. The van der Waals surface area contributed by atoms with Crippen LogP contribution >= 0.6 is 0 Å². The topological polar surface area (TPSA) is 189 Å². The lowest BCUT2D eigenvalue weighted by Crippen LogP contribution is -2.43. The van der Waals surface area contributed by atoms with E-state index >= 15 is 0 Å². The number of aromatic nitrogens is 4. The van der Waals surface area contributed by atoms with Crippen LogP contribution in [-0.2, 0) is 9.47 Å². The SMILES string of the molecule is C#CC1(CO)OC(n2cc(C)c(=O)[nH]c2=O)C(C)C1C.C#CC1(CO)OC(n2cc(C)c(=O)[nH]c2=O)C(C)C1O. The number of nitrogens with zero attached hydrogens (tertiary/aromatic N) is 2. The van der Waals surface area contributed by atoms with Crippen molar-refractivity contribution in [2.45, 2.75) is 64.4 Å². The third kappa shape index (κ3) is 5.10. The molecule has 2 aliphatic rings. The maximum atomic E-state index is 11.9. The number of aromatic amines is 2. The van der Waals surface area contributed by atoms with Crippen molar-refractivity contribution in [3.05, 3.63) is 65.2 Å². The van der Waals surface area contributed by atoms with E-state index in [1.807, 2.05) is 13.8 Å². The van der Waals surface area contributed by atoms with Crippen LogP contribution in [0.15, 0.2) is 31.6 Å². The molecule has 2 saturated heterocycles. The number of aliphatic hydroxyl groups is 3. The molecule has 13 heteroatoms. The predicted molar refractivity (Wildman–Crippen MR) is 143 cm³/mol. The highest BCUT2D eigenvalue weighted by atomic mass is 16.6. The second-order valence-electron chi connectivity index (χ2n) is 10.3. The second-order valence-corrected chi connectivity index (χ2v) is 10.3. The van der Waals surface area contributed by atoms with Crippen LogP contribution in [-0.4, -0.2) is 64.9 Å². The van der Waals surface area contributed by atoms with Gasteiger partial charge in [0.25, 0.3) is 11.1 Å². The first kappa shape index (κ1) is 30.8. The highest BCUT2D eigenvalue weighted by Gasteiger charge is 2.53. The Bertz CT molecular complexity index is 1460. The number of aryl methyl sites for hydroxylation is 2. The summed E-state index contributed by atoms with van der Waals surface area (Å²) < 4.78 is 13.8. The summed E-state index contributed by atoms with van der Waals surface area (Å²) in [6.45, 7) is 7.70. The first-order valence-corrected chi connectivity index (χ1v) is 12.6. The Morgan fingerprint density at radius 1 is 0.825 bits per heavy atom. The van der Waals surface area contributed by atoms with Gasteiger partial charge in [-0.3, -0.25) is 28.7 Å². The third-order valence-electron chi connectivity index (χ3n) is 7.86. The summed E-state index contributed by atoms with van der Waals surface area (Å²) in [6, 6.07) is 0. The predicted octanol–water partition coefficient (Wildman–Crippen LogP) is -1.25. The molecule has 0 amide bonds. The highest BCUT2D eigenvalue weighted by Crippen LogP contribution is 2.44. The van der Waals surface area contributed by atoms with Crippen LogP contribution in [0.1, 0.15) is 44.4 Å². The normalized spacial score (nSPS) is 33.0. The quantitative estimate of drug-likeness (QED) is 0.286. The second kappa shape index (κ2) is 11.4. The van der Waals surface area contributed by atoms with Crippen molar-refractivity contribution in [1.29, 1.82) is 0 Å². The lowest BCUT2D eigenvalue weighted by atomic mass is 9.83. The zero-order valence-electron chi connectivity index (χ0n) is 22.9. The average molecular weight is 559 g/mol. The fourth-order valence-electron chi connectivity index (χ4n) is 4.93. The van der Waals surface area contributed by atoms with Gasteiger partial charge in [0.1, 0.15) is 18.6 Å². The Balaban J connectivity index is 0.000000220. The summed E-state index contributed by atoms with van der Waals surface area (Å²) in [5, 5.41) is 29.0. The zero-order chi connectivity index (χ0) is 30.2. The van der Waals surface area contributed by atoms with E-state index in [0.717, 1.165) is 0 Å². The number of aliphatic hydroxyl groups excluding tert-OH is 3. The molecule has 40 heavy (non-hydrogen) atoms. The number of rotatable bonds is 4. The first-order chi connectivity index (χ1) is 18.7. The van der Waals surface area contributed by atoms with Crippen LogP contribution in [0, 0.1) is 56.3 Å². The molecule has 4 rings (SSSR count). The maximum absolute atomic E-state index is 11.9. The van der Waals surface area contributed by atoms with E-state index in [1.165, 1.54) is 21.5 Å². The van der Waals surface area contributed by atoms with Gasteiger partial charge in [0.2, 0.25) is 0 Å². The number of nitrogens with one attached hydrogen (secondary N) is 2. The average Bonchev–Trinajstić information content (AvgIpc) is 3.34. The van der Waals surface area contributed by atoms with Gasteiger partial charge in [-0.25, -0.2) is 9.59 Å². The molecule has 2 aliphatic heterocycles. The molecule has 8 unspecified atom stereocenters. The minimum Gasteiger partial charge on any atom is -0.392 e. The van der Waals surface area contributed by atoms with E-state index in [-0.39, 0.29) is 18.4 Å². The molecule has 0 aliphatic carbocycles. The monoisotopic (exact) mass is 558 g/mol. The lowest BCUT2D eigenvalue weighted by Gasteiger charge is -2.25. The molecule has 0 aromatic carbocycles. The van der Waals surface area contributed by atoms with Crippen LogP contribution in [0.5, 0.6) is 0 Å². The molecule has 8 atom stereocenters. The van der Waals surface area contributed by atoms with Crippen LogP contribution in [0.4, 0.5) is 0 Å². The van der Waals surface area contributed by atoms with Gasteiger partial charge in [-0.1, -0.05) is 32.6 Å². The highest BCUT2D eigenvalue weighted by molar-refractivity contribution is 5.18. The van der Waals surface area contributed by atoms with E-state index < -0.39 is 64.8 Å². The zero-order valence-corrected chi connectivity index (χ0v) is 22.9. The summed E-state index contributed by atoms with van der Waals surface area (Å²) in [7, 11) is 0. The van der Waals surface area contributed by atoms with Crippen molar-refractivity contribution in [2.75, 3.05) is 13.2 Å². The van der Waals surface area contributed by atoms with Gasteiger partial charge in [-0.2, -0.15) is 0 Å². The van der Waals surface area contributed by atoms with Gasteiger partial charge in [-0.15, -0.1) is 12.8 Å². The van der Waals surface area contributed by atoms with E-state index in [9.17, 15) is 34.5 Å². The Morgan fingerprint density at radius 3 is 1.57 bits per heavy atom. The first-order valence-electron chi connectivity index (χ1n) is 12.6. The molecule has 2 fully saturated rings. The fraction of sp³-hybridized carbons (Fsp3) is 0.556. The molecule has 0 bridgehead atoms. The minimum atomic E-state index is -1.55. The number of hydrogen-bond acceptors (Lipinski definition) is 9. The Kier molecular flexibility index (Phi) is 8.79. The minimum absolute atomic E-state index is 0.0822. The molecule has 216 valence electrons. The Morgan fingerprint density at radius 2 is 1.23 bits per heavy atom. The Hall–Kier alpha value is -3.72. The van der Waals surface area contributed by atoms with Crippen molar-refractivity contribution in [1.82, 2.24) is 19.1 Å². The third-order valence-corrected chi connectivity index (χ3v) is 7.86. The van der Waals surface area contributed by atoms with E-state index in [4.69, 9.17) is 22.3 Å². The van der Waals surface area contributed by atoms with Gasteiger partial charge in [0.15, 0.2) is 11.2 Å². The van der Waals surface area contributed by atoms with Crippen LogP contribution in [0.3, 0.4) is 0 Å². The van der Waals surface area contributed by atoms with Gasteiger partial charge in [0, 0.05) is 41.3 Å². The summed E-state index contributed by atoms with van der Waals surface area (Å²) >= 11 is 0. The van der Waals surface area contributed by atoms with Crippen LogP contribution < -0.4 is 22.5 Å².